The minimum Gasteiger partial charge on any atom is -0.465 e. The Morgan fingerprint density at radius 2 is 1.82 bits per heavy atom. The topological polar surface area (TPSA) is 93.2 Å². The Hall–Kier alpha value is -3.45. The number of nitrogens with zero attached hydrogens (tertiary/aromatic N) is 2. The Bertz CT molecular complexity index is 1040. The number of carbonyl (C=O) groups excluding carboxylic acids is 2. The molecule has 3 rings (SSSR count). The highest BCUT2D eigenvalue weighted by Crippen LogP contribution is 2.21. The maximum atomic E-state index is 12.6. The summed E-state index contributed by atoms with van der Waals surface area (Å²) in [6, 6.07) is 15.2. The Morgan fingerprint density at radius 3 is 2.57 bits per heavy atom. The first-order chi connectivity index (χ1) is 13.5. The van der Waals surface area contributed by atoms with Gasteiger partial charge in [0.2, 0.25) is 0 Å². The molecule has 3 aromatic rings. The lowest BCUT2D eigenvalue weighted by Crippen LogP contribution is -2.15. The SMILES string of the molecule is COC(=O)c1ccccc1Nc1cc(C(=O)Nc2cccc(Cl)c2)nc(C)n1. The van der Waals surface area contributed by atoms with Gasteiger partial charge >= 0.3 is 5.97 Å². The van der Waals surface area contributed by atoms with Crippen molar-refractivity contribution in [1.29, 1.82) is 0 Å². The minimum atomic E-state index is -0.479. The van der Waals surface area contributed by atoms with Crippen molar-refractivity contribution in [2.75, 3.05) is 17.7 Å². The smallest absolute Gasteiger partial charge is 0.339 e. The number of halogens is 1. The van der Waals surface area contributed by atoms with Crippen molar-refractivity contribution in [2.24, 2.45) is 0 Å². The van der Waals surface area contributed by atoms with E-state index < -0.39 is 11.9 Å². The van der Waals surface area contributed by atoms with Crippen LogP contribution in [0.25, 0.3) is 0 Å². The van der Waals surface area contributed by atoms with Crippen molar-refractivity contribution >= 4 is 40.7 Å². The molecule has 0 radical (unpaired) electrons. The fourth-order valence-corrected chi connectivity index (χ4v) is 2.72. The van der Waals surface area contributed by atoms with Crippen LogP contribution in [0.4, 0.5) is 17.2 Å². The van der Waals surface area contributed by atoms with E-state index >= 15 is 0 Å². The third kappa shape index (κ3) is 4.63. The van der Waals surface area contributed by atoms with Gasteiger partial charge < -0.3 is 15.4 Å². The molecule has 0 unspecified atom stereocenters. The molecule has 2 aromatic carbocycles. The molecule has 28 heavy (non-hydrogen) atoms. The number of aryl methyl sites for hydroxylation is 1. The standard InChI is InChI=1S/C20H17ClN4O3/c1-12-22-17(19(26)24-14-7-5-6-13(21)10-14)11-18(23-12)25-16-9-4-3-8-15(16)20(27)28-2/h3-11H,1-2H3,(H,24,26)(H,22,23,25). The molecule has 142 valence electrons. The van der Waals surface area contributed by atoms with E-state index in [1.165, 1.54) is 13.2 Å². The molecule has 0 spiro atoms. The van der Waals surface area contributed by atoms with Crippen LogP contribution >= 0.6 is 11.6 Å². The molecule has 0 atom stereocenters. The quantitative estimate of drug-likeness (QED) is 0.627. The van der Waals surface area contributed by atoms with Gasteiger partial charge in [0.25, 0.3) is 5.91 Å². The number of hydrogen-bond donors (Lipinski definition) is 2. The van der Waals surface area contributed by atoms with Gasteiger partial charge in [0.15, 0.2) is 0 Å². The molecule has 0 saturated carbocycles. The normalized spacial score (nSPS) is 10.2. The van der Waals surface area contributed by atoms with E-state index in [1.54, 1.807) is 55.5 Å². The van der Waals surface area contributed by atoms with E-state index in [0.29, 0.717) is 33.6 Å². The lowest BCUT2D eigenvalue weighted by Gasteiger charge is -2.12. The third-order valence-electron chi connectivity index (χ3n) is 3.75. The number of methoxy groups -OCH3 is 1. The van der Waals surface area contributed by atoms with Crippen molar-refractivity contribution < 1.29 is 14.3 Å². The number of benzene rings is 2. The zero-order valence-corrected chi connectivity index (χ0v) is 15.9. The molecule has 0 aliphatic rings. The first-order valence-electron chi connectivity index (χ1n) is 8.33. The molecule has 2 N–H and O–H groups in total. The second-order valence-electron chi connectivity index (χ2n) is 5.81. The number of aromatic nitrogens is 2. The molecule has 1 heterocycles. The summed E-state index contributed by atoms with van der Waals surface area (Å²) in [5.74, 6) is -0.109. The summed E-state index contributed by atoms with van der Waals surface area (Å²) in [6.45, 7) is 1.67. The lowest BCUT2D eigenvalue weighted by atomic mass is 10.2. The van der Waals surface area contributed by atoms with E-state index in [2.05, 4.69) is 20.6 Å². The molecular formula is C20H17ClN4O3. The number of para-hydroxylation sites is 1. The van der Waals surface area contributed by atoms with Crippen LogP contribution in [-0.2, 0) is 4.74 Å². The fraction of sp³-hybridized carbons (Fsp3) is 0.100. The van der Waals surface area contributed by atoms with Gasteiger partial charge in [-0.1, -0.05) is 29.8 Å². The number of esters is 1. The lowest BCUT2D eigenvalue weighted by molar-refractivity contribution is 0.0601. The average Bonchev–Trinajstić information content (AvgIpc) is 2.67. The molecule has 0 aliphatic carbocycles. The van der Waals surface area contributed by atoms with Gasteiger partial charge in [-0.3, -0.25) is 4.79 Å². The predicted molar refractivity (Wildman–Crippen MR) is 107 cm³/mol. The summed E-state index contributed by atoms with van der Waals surface area (Å²) in [5, 5.41) is 6.30. The Balaban J connectivity index is 1.86. The fourth-order valence-electron chi connectivity index (χ4n) is 2.53. The number of amides is 1. The molecular weight excluding hydrogens is 380 g/mol. The maximum absolute atomic E-state index is 12.6. The van der Waals surface area contributed by atoms with E-state index in [1.807, 2.05) is 0 Å². The van der Waals surface area contributed by atoms with Gasteiger partial charge in [0, 0.05) is 16.8 Å². The first kappa shape index (κ1) is 19.3. The molecule has 1 amide bonds. The molecule has 0 bridgehead atoms. The summed E-state index contributed by atoms with van der Waals surface area (Å²) in [7, 11) is 1.31. The third-order valence-corrected chi connectivity index (χ3v) is 3.98. The highest BCUT2D eigenvalue weighted by Gasteiger charge is 2.14. The predicted octanol–water partition coefficient (Wildman–Crippen LogP) is 4.22. The van der Waals surface area contributed by atoms with Gasteiger partial charge in [0.1, 0.15) is 17.3 Å². The van der Waals surface area contributed by atoms with Crippen LogP contribution in [-0.4, -0.2) is 29.0 Å². The second-order valence-corrected chi connectivity index (χ2v) is 6.25. The van der Waals surface area contributed by atoms with Gasteiger partial charge in [-0.15, -0.1) is 0 Å². The average molecular weight is 397 g/mol. The van der Waals surface area contributed by atoms with Crippen molar-refractivity contribution in [3.8, 4) is 0 Å². The monoisotopic (exact) mass is 396 g/mol. The molecule has 0 saturated heterocycles. The molecule has 8 heteroatoms. The zero-order valence-electron chi connectivity index (χ0n) is 15.2. The summed E-state index contributed by atoms with van der Waals surface area (Å²) in [6.07, 6.45) is 0. The molecule has 0 aliphatic heterocycles. The van der Waals surface area contributed by atoms with Crippen LogP contribution in [0.2, 0.25) is 5.02 Å². The summed E-state index contributed by atoms with van der Waals surface area (Å²) in [5.41, 5.74) is 1.59. The van der Waals surface area contributed by atoms with Crippen molar-refractivity contribution in [3.63, 3.8) is 0 Å². The minimum absolute atomic E-state index is 0.172. The Labute approximate surface area is 166 Å². The largest absolute Gasteiger partial charge is 0.465 e. The zero-order chi connectivity index (χ0) is 20.1. The number of carbonyl (C=O) groups is 2. The van der Waals surface area contributed by atoms with Gasteiger partial charge in [0.05, 0.1) is 18.4 Å². The molecule has 1 aromatic heterocycles. The number of rotatable bonds is 5. The van der Waals surface area contributed by atoms with E-state index in [9.17, 15) is 9.59 Å². The highest BCUT2D eigenvalue weighted by molar-refractivity contribution is 6.30. The van der Waals surface area contributed by atoms with Crippen LogP contribution in [0, 0.1) is 6.92 Å². The molecule has 0 fully saturated rings. The maximum Gasteiger partial charge on any atom is 0.339 e. The highest BCUT2D eigenvalue weighted by atomic mass is 35.5. The van der Waals surface area contributed by atoms with Crippen LogP contribution in [0.1, 0.15) is 26.7 Å². The van der Waals surface area contributed by atoms with Crippen LogP contribution in [0.3, 0.4) is 0 Å². The number of nitrogens with one attached hydrogen (secondary N) is 2. The van der Waals surface area contributed by atoms with Crippen molar-refractivity contribution in [3.05, 3.63) is 76.7 Å². The number of anilines is 3. The van der Waals surface area contributed by atoms with Crippen molar-refractivity contribution in [1.82, 2.24) is 9.97 Å². The van der Waals surface area contributed by atoms with Gasteiger partial charge in [-0.25, -0.2) is 14.8 Å². The number of hydrogen-bond acceptors (Lipinski definition) is 6. The van der Waals surface area contributed by atoms with Crippen LogP contribution in [0.15, 0.2) is 54.6 Å². The summed E-state index contributed by atoms with van der Waals surface area (Å²) in [4.78, 5) is 32.9. The van der Waals surface area contributed by atoms with E-state index in [-0.39, 0.29) is 5.69 Å². The van der Waals surface area contributed by atoms with Crippen LogP contribution < -0.4 is 10.6 Å². The van der Waals surface area contributed by atoms with Gasteiger partial charge in [-0.05, 0) is 37.3 Å². The van der Waals surface area contributed by atoms with Crippen LogP contribution in [0.5, 0.6) is 0 Å². The van der Waals surface area contributed by atoms with Crippen molar-refractivity contribution in [2.45, 2.75) is 6.92 Å². The van der Waals surface area contributed by atoms with E-state index in [0.717, 1.165) is 0 Å². The summed E-state index contributed by atoms with van der Waals surface area (Å²) < 4.78 is 4.79. The van der Waals surface area contributed by atoms with Gasteiger partial charge in [-0.2, -0.15) is 0 Å². The Kier molecular flexibility index (Phi) is 5.86. The Morgan fingerprint density at radius 1 is 1.04 bits per heavy atom. The number of ether oxygens (including phenoxy) is 1. The second kappa shape index (κ2) is 8.49. The first-order valence-corrected chi connectivity index (χ1v) is 8.71. The summed E-state index contributed by atoms with van der Waals surface area (Å²) >= 11 is 5.94. The van der Waals surface area contributed by atoms with E-state index in [4.69, 9.17) is 16.3 Å². The molecule has 7 nitrogen and oxygen atoms in total.